The highest BCUT2D eigenvalue weighted by molar-refractivity contribution is 6.12. The van der Waals surface area contributed by atoms with E-state index in [0.717, 1.165) is 0 Å². The minimum Gasteiger partial charge on any atom is -0.344 e. The van der Waals surface area contributed by atoms with Crippen LogP contribution in [0.5, 0.6) is 0 Å². The molecule has 0 spiro atoms. The molecular weight excluding hydrogens is 400 g/mol. The quantitative estimate of drug-likeness (QED) is 0.266. The highest BCUT2D eigenvalue weighted by atomic mass is 15.0. The van der Waals surface area contributed by atoms with Crippen LogP contribution in [0.25, 0.3) is 60.4 Å². The Morgan fingerprint density at radius 2 is 1.00 bits per heavy atom. The SMILES string of the molecule is Cn1c2ccc(-c3ccccc3)cc2c2cc(-n3c4ccccc4c4ccccc43)ccc21. The summed E-state index contributed by atoms with van der Waals surface area (Å²) >= 11 is 0. The molecule has 0 saturated heterocycles. The minimum atomic E-state index is 1.19. The van der Waals surface area contributed by atoms with E-state index in [0.29, 0.717) is 0 Å². The first-order chi connectivity index (χ1) is 16.3. The van der Waals surface area contributed by atoms with E-state index in [2.05, 4.69) is 131 Å². The third-order valence-corrected chi connectivity index (χ3v) is 6.93. The van der Waals surface area contributed by atoms with Crippen molar-refractivity contribution in [3.8, 4) is 16.8 Å². The lowest BCUT2D eigenvalue weighted by Crippen LogP contribution is -1.94. The zero-order chi connectivity index (χ0) is 21.9. The van der Waals surface area contributed by atoms with Crippen molar-refractivity contribution in [1.82, 2.24) is 9.13 Å². The fourth-order valence-electron chi connectivity index (χ4n) is 5.36. The van der Waals surface area contributed by atoms with Gasteiger partial charge in [-0.15, -0.1) is 0 Å². The van der Waals surface area contributed by atoms with Crippen LogP contribution in [-0.2, 0) is 7.05 Å². The first-order valence-electron chi connectivity index (χ1n) is 11.4. The summed E-state index contributed by atoms with van der Waals surface area (Å²) in [5, 5.41) is 5.15. The van der Waals surface area contributed by atoms with Crippen LogP contribution in [0.3, 0.4) is 0 Å². The van der Waals surface area contributed by atoms with E-state index in [9.17, 15) is 0 Å². The molecule has 0 saturated carbocycles. The standard InChI is InChI=1S/C31H22N2/c1-32-28-17-15-22(21-9-3-2-4-10-21)19-26(28)27-20-23(16-18-29(27)32)33-30-13-7-5-11-24(30)25-12-6-8-14-31(25)33/h2-20H,1H3. The molecule has 0 unspecified atom stereocenters. The van der Waals surface area contributed by atoms with E-state index in [1.807, 2.05) is 0 Å². The summed E-state index contributed by atoms with van der Waals surface area (Å²) in [6.07, 6.45) is 0. The molecule has 33 heavy (non-hydrogen) atoms. The number of nitrogens with zero attached hydrogens (tertiary/aromatic N) is 2. The first-order valence-corrected chi connectivity index (χ1v) is 11.4. The lowest BCUT2D eigenvalue weighted by molar-refractivity contribution is 1.01. The Hall–Kier alpha value is -4.30. The number of aromatic nitrogens is 2. The number of benzene rings is 5. The second-order valence-corrected chi connectivity index (χ2v) is 8.73. The molecule has 0 N–H and O–H groups in total. The molecule has 7 rings (SSSR count). The maximum atomic E-state index is 2.39. The average molecular weight is 423 g/mol. The number of hydrogen-bond acceptors (Lipinski definition) is 0. The van der Waals surface area contributed by atoms with Crippen molar-refractivity contribution in [3.63, 3.8) is 0 Å². The molecule has 2 aromatic heterocycles. The summed E-state index contributed by atoms with van der Waals surface area (Å²) in [4.78, 5) is 0. The largest absolute Gasteiger partial charge is 0.344 e. The summed E-state index contributed by atoms with van der Waals surface area (Å²) in [6, 6.07) is 41.7. The van der Waals surface area contributed by atoms with E-state index in [1.54, 1.807) is 0 Å². The van der Waals surface area contributed by atoms with Crippen LogP contribution < -0.4 is 0 Å². The third kappa shape index (κ3) is 2.61. The van der Waals surface area contributed by atoms with Gasteiger partial charge in [0.15, 0.2) is 0 Å². The molecule has 2 heterocycles. The molecule has 0 radical (unpaired) electrons. The van der Waals surface area contributed by atoms with E-state index >= 15 is 0 Å². The average Bonchev–Trinajstić information content (AvgIpc) is 3.36. The van der Waals surface area contributed by atoms with Crippen molar-refractivity contribution in [2.45, 2.75) is 0 Å². The molecule has 0 amide bonds. The normalized spacial score (nSPS) is 11.8. The molecule has 0 fully saturated rings. The molecule has 0 aliphatic heterocycles. The summed E-state index contributed by atoms with van der Waals surface area (Å²) in [5.41, 5.74) is 8.67. The third-order valence-electron chi connectivity index (χ3n) is 6.93. The Balaban J connectivity index is 1.54. The van der Waals surface area contributed by atoms with Gasteiger partial charge in [0.05, 0.1) is 11.0 Å². The fraction of sp³-hybridized carbons (Fsp3) is 0.0323. The molecule has 2 heteroatoms. The molecular formula is C31H22N2. The van der Waals surface area contributed by atoms with Gasteiger partial charge < -0.3 is 9.13 Å². The van der Waals surface area contributed by atoms with Gasteiger partial charge in [-0.3, -0.25) is 0 Å². The van der Waals surface area contributed by atoms with Crippen LogP contribution >= 0.6 is 0 Å². The van der Waals surface area contributed by atoms with Gasteiger partial charge in [-0.2, -0.15) is 0 Å². The highest BCUT2D eigenvalue weighted by Crippen LogP contribution is 2.36. The molecule has 7 aromatic rings. The molecule has 0 atom stereocenters. The molecule has 2 nitrogen and oxygen atoms in total. The second-order valence-electron chi connectivity index (χ2n) is 8.73. The van der Waals surface area contributed by atoms with Gasteiger partial charge in [0.25, 0.3) is 0 Å². The van der Waals surface area contributed by atoms with Gasteiger partial charge in [0.1, 0.15) is 0 Å². The maximum absolute atomic E-state index is 2.39. The van der Waals surface area contributed by atoms with Crippen molar-refractivity contribution in [3.05, 3.63) is 115 Å². The topological polar surface area (TPSA) is 9.86 Å². The Labute approximate surface area is 191 Å². The zero-order valence-corrected chi connectivity index (χ0v) is 18.4. The van der Waals surface area contributed by atoms with E-state index in [4.69, 9.17) is 0 Å². The minimum absolute atomic E-state index is 1.19. The van der Waals surface area contributed by atoms with Crippen molar-refractivity contribution >= 4 is 43.6 Å². The smallest absolute Gasteiger partial charge is 0.0541 e. The lowest BCUT2D eigenvalue weighted by atomic mass is 10.0. The lowest BCUT2D eigenvalue weighted by Gasteiger charge is -2.08. The predicted molar refractivity (Wildman–Crippen MR) is 140 cm³/mol. The number of para-hydroxylation sites is 2. The molecule has 0 aliphatic carbocycles. The summed E-state index contributed by atoms with van der Waals surface area (Å²) in [6.45, 7) is 0. The van der Waals surface area contributed by atoms with E-state index in [1.165, 1.54) is 60.4 Å². The summed E-state index contributed by atoms with van der Waals surface area (Å²) in [5.74, 6) is 0. The van der Waals surface area contributed by atoms with Gasteiger partial charge in [-0.05, 0) is 53.6 Å². The zero-order valence-electron chi connectivity index (χ0n) is 18.4. The maximum Gasteiger partial charge on any atom is 0.0541 e. The van der Waals surface area contributed by atoms with Crippen LogP contribution in [-0.4, -0.2) is 9.13 Å². The Morgan fingerprint density at radius 1 is 0.424 bits per heavy atom. The fourth-order valence-corrected chi connectivity index (χ4v) is 5.36. The number of hydrogen-bond donors (Lipinski definition) is 0. The van der Waals surface area contributed by atoms with Crippen molar-refractivity contribution in [2.75, 3.05) is 0 Å². The first kappa shape index (κ1) is 18.3. The van der Waals surface area contributed by atoms with Crippen LogP contribution in [0.4, 0.5) is 0 Å². The number of rotatable bonds is 2. The van der Waals surface area contributed by atoms with Crippen LogP contribution in [0.1, 0.15) is 0 Å². The molecule has 5 aromatic carbocycles. The van der Waals surface area contributed by atoms with Gasteiger partial charge in [-0.1, -0.05) is 72.8 Å². The highest BCUT2D eigenvalue weighted by Gasteiger charge is 2.14. The van der Waals surface area contributed by atoms with Crippen molar-refractivity contribution in [1.29, 1.82) is 0 Å². The molecule has 0 bridgehead atoms. The Bertz CT molecular complexity index is 1760. The molecule has 156 valence electrons. The summed E-state index contributed by atoms with van der Waals surface area (Å²) < 4.78 is 4.69. The number of aryl methyl sites for hydroxylation is 1. The van der Waals surface area contributed by atoms with E-state index in [-0.39, 0.29) is 0 Å². The molecule has 0 aliphatic rings. The van der Waals surface area contributed by atoms with Crippen LogP contribution in [0.15, 0.2) is 115 Å². The monoisotopic (exact) mass is 422 g/mol. The second kappa shape index (κ2) is 6.85. The Kier molecular flexibility index (Phi) is 3.80. The Morgan fingerprint density at radius 3 is 1.70 bits per heavy atom. The van der Waals surface area contributed by atoms with Gasteiger partial charge in [0.2, 0.25) is 0 Å². The van der Waals surface area contributed by atoms with Crippen LogP contribution in [0, 0.1) is 0 Å². The van der Waals surface area contributed by atoms with Gasteiger partial charge >= 0.3 is 0 Å². The van der Waals surface area contributed by atoms with E-state index < -0.39 is 0 Å². The summed E-state index contributed by atoms with van der Waals surface area (Å²) in [7, 11) is 2.16. The van der Waals surface area contributed by atoms with Crippen molar-refractivity contribution in [2.24, 2.45) is 7.05 Å². The predicted octanol–water partition coefficient (Wildman–Crippen LogP) is 8.10. The van der Waals surface area contributed by atoms with Crippen LogP contribution in [0.2, 0.25) is 0 Å². The van der Waals surface area contributed by atoms with Gasteiger partial charge in [-0.25, -0.2) is 0 Å². The number of fused-ring (bicyclic) bond motifs is 6. The van der Waals surface area contributed by atoms with Crippen molar-refractivity contribution < 1.29 is 0 Å². The van der Waals surface area contributed by atoms with Gasteiger partial charge in [0, 0.05) is 45.3 Å².